The number of ether oxygens (including phenoxy) is 2. The van der Waals surface area contributed by atoms with E-state index >= 15 is 0 Å². The zero-order valence-electron chi connectivity index (χ0n) is 15.5. The van der Waals surface area contributed by atoms with Gasteiger partial charge in [-0.3, -0.25) is 4.79 Å². The fraction of sp³-hybridized carbons (Fsp3) is 0.333. The average molecular weight is 385 g/mol. The van der Waals surface area contributed by atoms with Gasteiger partial charge in [-0.05, 0) is 55.0 Å². The normalized spacial score (nSPS) is 12.8. The Hall–Kier alpha value is -2.60. The molecule has 0 aliphatic heterocycles. The molecule has 0 atom stereocenters. The Kier molecular flexibility index (Phi) is 6.29. The molecule has 0 radical (unpaired) electrons. The minimum atomic E-state index is -0.392. The van der Waals surface area contributed by atoms with Crippen LogP contribution in [0.3, 0.4) is 0 Å². The summed E-state index contributed by atoms with van der Waals surface area (Å²) < 4.78 is 10.4. The van der Waals surface area contributed by atoms with E-state index in [1.54, 1.807) is 6.08 Å². The van der Waals surface area contributed by atoms with Crippen molar-refractivity contribution in [3.63, 3.8) is 0 Å². The summed E-state index contributed by atoms with van der Waals surface area (Å²) in [7, 11) is 1.36. The average Bonchev–Trinajstić information content (AvgIpc) is 3.25. The number of thiophene rings is 1. The van der Waals surface area contributed by atoms with Crippen LogP contribution < -0.4 is 10.1 Å². The predicted molar refractivity (Wildman–Crippen MR) is 108 cm³/mol. The van der Waals surface area contributed by atoms with Crippen LogP contribution in [0.25, 0.3) is 6.08 Å². The topological polar surface area (TPSA) is 64.6 Å². The van der Waals surface area contributed by atoms with Crippen molar-refractivity contribution in [2.24, 2.45) is 0 Å². The molecule has 0 fully saturated rings. The molecule has 6 heteroatoms. The van der Waals surface area contributed by atoms with E-state index in [1.165, 1.54) is 24.5 Å². The number of hydrogen-bond acceptors (Lipinski definition) is 5. The predicted octanol–water partition coefficient (Wildman–Crippen LogP) is 4.46. The first kappa shape index (κ1) is 19.2. The van der Waals surface area contributed by atoms with Crippen molar-refractivity contribution < 1.29 is 19.1 Å². The largest absolute Gasteiger partial charge is 0.494 e. The first-order chi connectivity index (χ1) is 13.1. The van der Waals surface area contributed by atoms with Crippen molar-refractivity contribution in [1.29, 1.82) is 0 Å². The molecule has 0 spiro atoms. The number of anilines is 1. The van der Waals surface area contributed by atoms with Gasteiger partial charge in [0.15, 0.2) is 0 Å². The van der Waals surface area contributed by atoms with E-state index in [0.717, 1.165) is 47.4 Å². The van der Waals surface area contributed by atoms with Gasteiger partial charge >= 0.3 is 5.97 Å². The Balaban J connectivity index is 1.67. The van der Waals surface area contributed by atoms with Gasteiger partial charge in [0, 0.05) is 11.0 Å². The number of esters is 1. The first-order valence-electron chi connectivity index (χ1n) is 9.07. The minimum absolute atomic E-state index is 0.272. The van der Waals surface area contributed by atoms with E-state index in [4.69, 9.17) is 9.47 Å². The lowest BCUT2D eigenvalue weighted by molar-refractivity contribution is -0.111. The van der Waals surface area contributed by atoms with Gasteiger partial charge in [0.05, 0.1) is 19.3 Å². The third-order valence-electron chi connectivity index (χ3n) is 4.33. The Morgan fingerprint density at radius 1 is 1.22 bits per heavy atom. The highest BCUT2D eigenvalue weighted by Crippen LogP contribution is 2.39. The number of benzene rings is 1. The van der Waals surface area contributed by atoms with Crippen molar-refractivity contribution in [3.8, 4) is 5.75 Å². The maximum atomic E-state index is 12.3. The monoisotopic (exact) mass is 385 g/mol. The molecule has 0 unspecified atom stereocenters. The summed E-state index contributed by atoms with van der Waals surface area (Å²) in [5, 5.41) is 3.41. The summed E-state index contributed by atoms with van der Waals surface area (Å²) >= 11 is 1.47. The van der Waals surface area contributed by atoms with Crippen LogP contribution in [-0.4, -0.2) is 25.6 Å². The summed E-state index contributed by atoms with van der Waals surface area (Å²) in [4.78, 5) is 25.6. The van der Waals surface area contributed by atoms with E-state index in [1.807, 2.05) is 24.3 Å². The number of carbonyl (C=O) groups is 2. The van der Waals surface area contributed by atoms with E-state index in [2.05, 4.69) is 12.2 Å². The van der Waals surface area contributed by atoms with Gasteiger partial charge in [-0.15, -0.1) is 11.3 Å². The van der Waals surface area contributed by atoms with Gasteiger partial charge in [0.2, 0.25) is 5.91 Å². The van der Waals surface area contributed by atoms with Crippen molar-refractivity contribution in [2.45, 2.75) is 32.6 Å². The molecule has 1 aromatic carbocycles. The lowest BCUT2D eigenvalue weighted by Gasteiger charge is -2.05. The third kappa shape index (κ3) is 4.57. The van der Waals surface area contributed by atoms with Crippen molar-refractivity contribution in [2.75, 3.05) is 19.0 Å². The molecule has 1 aliphatic rings. The Labute approximate surface area is 163 Å². The van der Waals surface area contributed by atoms with E-state index in [9.17, 15) is 9.59 Å². The lowest BCUT2D eigenvalue weighted by atomic mass is 10.1. The standard InChI is InChI=1S/C21H23NO4S/c1-3-13-26-15-10-7-14(8-11-15)9-12-18(23)22-20-19(21(24)25-2)16-5-4-6-17(16)27-20/h7-12H,3-6,13H2,1-2H3,(H,22,23). The van der Waals surface area contributed by atoms with Gasteiger partial charge in [-0.1, -0.05) is 19.1 Å². The van der Waals surface area contributed by atoms with Crippen LogP contribution in [0.5, 0.6) is 5.75 Å². The lowest BCUT2D eigenvalue weighted by Crippen LogP contribution is -2.12. The van der Waals surface area contributed by atoms with Crippen LogP contribution in [0.1, 0.15) is 46.1 Å². The maximum Gasteiger partial charge on any atom is 0.341 e. The number of rotatable bonds is 7. The summed E-state index contributed by atoms with van der Waals surface area (Å²) in [5.41, 5.74) is 2.43. The Morgan fingerprint density at radius 3 is 2.70 bits per heavy atom. The summed E-state index contributed by atoms with van der Waals surface area (Å²) in [5.74, 6) is 0.150. The second kappa shape index (κ2) is 8.86. The molecule has 1 heterocycles. The molecule has 1 amide bonds. The Bertz CT molecular complexity index is 852. The van der Waals surface area contributed by atoms with Crippen LogP contribution in [0.15, 0.2) is 30.3 Å². The summed E-state index contributed by atoms with van der Waals surface area (Å²) in [6.07, 6.45) is 7.00. The van der Waals surface area contributed by atoms with E-state index < -0.39 is 5.97 Å². The molecule has 3 rings (SSSR count). The smallest absolute Gasteiger partial charge is 0.341 e. The fourth-order valence-electron chi connectivity index (χ4n) is 3.03. The highest BCUT2D eigenvalue weighted by molar-refractivity contribution is 7.17. The number of amides is 1. The van der Waals surface area contributed by atoms with Gasteiger partial charge in [0.1, 0.15) is 10.8 Å². The van der Waals surface area contributed by atoms with Gasteiger partial charge in [-0.25, -0.2) is 4.79 Å². The van der Waals surface area contributed by atoms with E-state index in [-0.39, 0.29) is 5.91 Å². The van der Waals surface area contributed by atoms with Crippen LogP contribution in [0.2, 0.25) is 0 Å². The van der Waals surface area contributed by atoms with Crippen molar-refractivity contribution in [3.05, 3.63) is 51.9 Å². The number of fused-ring (bicyclic) bond motifs is 1. The fourth-order valence-corrected chi connectivity index (χ4v) is 4.31. The number of nitrogens with one attached hydrogen (secondary N) is 1. The second-order valence-electron chi connectivity index (χ2n) is 6.29. The summed E-state index contributed by atoms with van der Waals surface area (Å²) in [6.45, 7) is 2.74. The number of methoxy groups -OCH3 is 1. The number of aryl methyl sites for hydroxylation is 1. The molecule has 1 aliphatic carbocycles. The molecule has 0 saturated heterocycles. The van der Waals surface area contributed by atoms with Gasteiger partial charge in [0.25, 0.3) is 0 Å². The first-order valence-corrected chi connectivity index (χ1v) is 9.88. The van der Waals surface area contributed by atoms with Crippen LogP contribution in [0.4, 0.5) is 5.00 Å². The maximum absolute atomic E-state index is 12.3. The second-order valence-corrected chi connectivity index (χ2v) is 7.40. The highest BCUT2D eigenvalue weighted by Gasteiger charge is 2.27. The zero-order chi connectivity index (χ0) is 19.2. The van der Waals surface area contributed by atoms with Crippen LogP contribution in [0, 0.1) is 0 Å². The molecule has 0 bridgehead atoms. The molecule has 142 valence electrons. The van der Waals surface area contributed by atoms with E-state index in [0.29, 0.717) is 17.2 Å². The molecular formula is C21H23NO4S. The van der Waals surface area contributed by atoms with Crippen molar-refractivity contribution in [1.82, 2.24) is 0 Å². The molecule has 27 heavy (non-hydrogen) atoms. The molecule has 1 aromatic heterocycles. The van der Waals surface area contributed by atoms with Crippen LogP contribution >= 0.6 is 11.3 Å². The Morgan fingerprint density at radius 2 is 2.00 bits per heavy atom. The SMILES string of the molecule is CCCOc1ccc(C=CC(=O)Nc2sc3c(c2C(=O)OC)CCC3)cc1. The number of carbonyl (C=O) groups excluding carboxylic acids is 2. The van der Waals surface area contributed by atoms with Crippen molar-refractivity contribution >= 4 is 34.3 Å². The van der Waals surface area contributed by atoms with Crippen LogP contribution in [-0.2, 0) is 22.4 Å². The molecule has 1 N–H and O–H groups in total. The molecular weight excluding hydrogens is 362 g/mol. The summed E-state index contributed by atoms with van der Waals surface area (Å²) in [6, 6.07) is 7.56. The molecule has 5 nitrogen and oxygen atoms in total. The van der Waals surface area contributed by atoms with Gasteiger partial charge in [-0.2, -0.15) is 0 Å². The third-order valence-corrected chi connectivity index (χ3v) is 5.53. The number of hydrogen-bond donors (Lipinski definition) is 1. The molecule has 2 aromatic rings. The quantitative estimate of drug-likeness (QED) is 0.564. The van der Waals surface area contributed by atoms with Gasteiger partial charge < -0.3 is 14.8 Å². The minimum Gasteiger partial charge on any atom is -0.494 e. The highest BCUT2D eigenvalue weighted by atomic mass is 32.1. The molecule has 0 saturated carbocycles. The zero-order valence-corrected chi connectivity index (χ0v) is 16.4.